The van der Waals surface area contributed by atoms with Crippen LogP contribution in [0.5, 0.6) is 0 Å². The van der Waals surface area contributed by atoms with E-state index in [1.165, 1.54) is 33.0 Å². The molecular weight excluding hydrogens is 206 g/mol. The summed E-state index contributed by atoms with van der Waals surface area (Å²) in [6, 6.07) is 0. The number of rotatable bonds is 6. The van der Waals surface area contributed by atoms with Crippen molar-refractivity contribution >= 4 is 5.97 Å². The second-order valence-corrected chi connectivity index (χ2v) is 3.84. The molecule has 0 aromatic carbocycles. The normalized spacial score (nSPS) is 14.1. The number of carbonyl (C=O) groups excluding carboxylic acids is 1. The number of carbonyl (C=O) groups is 1. The molecule has 96 valence electrons. The van der Waals surface area contributed by atoms with Gasteiger partial charge in [0.15, 0.2) is 0 Å². The Morgan fingerprint density at radius 1 is 1.12 bits per heavy atom. The van der Waals surface area contributed by atoms with Crippen LogP contribution in [0.25, 0.3) is 0 Å². The number of nitrogens with one attached hydrogen (secondary N) is 1. The Balaban J connectivity index is 0.000000368. The zero-order valence-electron chi connectivity index (χ0n) is 10.6. The number of hydrogen-bond acceptors (Lipinski definition) is 4. The van der Waals surface area contributed by atoms with Crippen LogP contribution in [-0.2, 0) is 14.3 Å². The van der Waals surface area contributed by atoms with Gasteiger partial charge in [-0.05, 0) is 38.8 Å². The van der Waals surface area contributed by atoms with Crippen molar-refractivity contribution in [3.63, 3.8) is 0 Å². The van der Waals surface area contributed by atoms with Crippen LogP contribution in [0.1, 0.15) is 38.5 Å². The van der Waals surface area contributed by atoms with Gasteiger partial charge in [-0.2, -0.15) is 0 Å². The van der Waals surface area contributed by atoms with E-state index in [9.17, 15) is 4.79 Å². The fourth-order valence-electron chi connectivity index (χ4n) is 1.42. The molecule has 0 aliphatic carbocycles. The van der Waals surface area contributed by atoms with Gasteiger partial charge in [-0.1, -0.05) is 6.42 Å². The summed E-state index contributed by atoms with van der Waals surface area (Å²) in [5, 5.41) is 3.22. The van der Waals surface area contributed by atoms with Crippen molar-refractivity contribution in [1.29, 1.82) is 0 Å². The molecular formula is C12H25NO3. The molecule has 0 saturated carbocycles. The van der Waals surface area contributed by atoms with E-state index in [0.29, 0.717) is 6.42 Å². The highest BCUT2D eigenvalue weighted by Gasteiger charge is 1.98. The van der Waals surface area contributed by atoms with Crippen molar-refractivity contribution in [3.05, 3.63) is 0 Å². The van der Waals surface area contributed by atoms with Crippen molar-refractivity contribution in [3.8, 4) is 0 Å². The Labute approximate surface area is 98.7 Å². The summed E-state index contributed by atoms with van der Waals surface area (Å²) in [4.78, 5) is 10.6. The third-order valence-electron chi connectivity index (χ3n) is 2.41. The largest absolute Gasteiger partial charge is 0.469 e. The summed E-state index contributed by atoms with van der Waals surface area (Å²) in [5.41, 5.74) is 0. The van der Waals surface area contributed by atoms with Crippen LogP contribution in [0.15, 0.2) is 0 Å². The average Bonchev–Trinajstić information content (AvgIpc) is 2.87. The topological polar surface area (TPSA) is 47.6 Å². The lowest BCUT2D eigenvalue weighted by Gasteiger charge is -1.98. The molecule has 16 heavy (non-hydrogen) atoms. The van der Waals surface area contributed by atoms with Crippen molar-refractivity contribution < 1.29 is 14.3 Å². The molecule has 4 nitrogen and oxygen atoms in total. The summed E-state index contributed by atoms with van der Waals surface area (Å²) < 4.78 is 9.35. The molecule has 1 heterocycles. The molecule has 4 heteroatoms. The van der Waals surface area contributed by atoms with Gasteiger partial charge in [-0.3, -0.25) is 4.79 Å². The minimum Gasteiger partial charge on any atom is -0.469 e. The first-order valence-electron chi connectivity index (χ1n) is 6.07. The van der Waals surface area contributed by atoms with Gasteiger partial charge in [0, 0.05) is 20.1 Å². The van der Waals surface area contributed by atoms with Crippen LogP contribution in [0, 0.1) is 0 Å². The Kier molecular flexibility index (Phi) is 12.0. The maximum absolute atomic E-state index is 10.6. The lowest BCUT2D eigenvalue weighted by atomic mass is 10.2. The first-order valence-corrected chi connectivity index (χ1v) is 6.07. The third kappa shape index (κ3) is 11.5. The molecule has 1 saturated heterocycles. The Morgan fingerprint density at radius 2 is 1.81 bits per heavy atom. The molecule has 0 aromatic rings. The molecule has 1 aliphatic heterocycles. The zero-order chi connectivity index (χ0) is 12.1. The highest BCUT2D eigenvalue weighted by molar-refractivity contribution is 5.68. The molecule has 0 radical (unpaired) electrons. The van der Waals surface area contributed by atoms with Gasteiger partial charge < -0.3 is 14.8 Å². The summed E-state index contributed by atoms with van der Waals surface area (Å²) >= 11 is 0. The van der Waals surface area contributed by atoms with Gasteiger partial charge in [0.1, 0.15) is 0 Å². The fraction of sp³-hybridized carbons (Fsp3) is 0.917. The monoisotopic (exact) mass is 231 g/mol. The van der Waals surface area contributed by atoms with Crippen molar-refractivity contribution in [2.75, 3.05) is 33.9 Å². The van der Waals surface area contributed by atoms with E-state index in [2.05, 4.69) is 10.1 Å². The Hall–Kier alpha value is -0.610. The number of hydrogen-bond donors (Lipinski definition) is 1. The highest BCUT2D eigenvalue weighted by atomic mass is 16.5. The molecule has 1 fully saturated rings. The number of unbranched alkanes of at least 4 members (excludes halogenated alkanes) is 2. The van der Waals surface area contributed by atoms with Crippen LogP contribution in [0.4, 0.5) is 0 Å². The SMILES string of the molecule is C1CCNC1.COCCCCCC(=O)OC. The lowest BCUT2D eigenvalue weighted by Crippen LogP contribution is -2.03. The molecule has 0 bridgehead atoms. The molecule has 0 atom stereocenters. The standard InChI is InChI=1S/C8H16O3.C4H9N/c1-10-7-5-3-4-6-8(9)11-2;1-2-4-5-3-1/h3-7H2,1-2H3;5H,1-4H2. The predicted molar refractivity (Wildman–Crippen MR) is 64.5 cm³/mol. The first-order chi connectivity index (χ1) is 7.81. The van der Waals surface area contributed by atoms with Crippen molar-refractivity contribution in [1.82, 2.24) is 5.32 Å². The van der Waals surface area contributed by atoms with Gasteiger partial charge in [0.05, 0.1) is 7.11 Å². The highest BCUT2D eigenvalue weighted by Crippen LogP contribution is 2.00. The van der Waals surface area contributed by atoms with Crippen molar-refractivity contribution in [2.45, 2.75) is 38.5 Å². The van der Waals surface area contributed by atoms with Gasteiger partial charge in [0.2, 0.25) is 0 Å². The van der Waals surface area contributed by atoms with Gasteiger partial charge in [-0.15, -0.1) is 0 Å². The fourth-order valence-corrected chi connectivity index (χ4v) is 1.42. The van der Waals surface area contributed by atoms with Crippen LogP contribution < -0.4 is 5.32 Å². The smallest absolute Gasteiger partial charge is 0.305 e. The van der Waals surface area contributed by atoms with Gasteiger partial charge in [-0.25, -0.2) is 0 Å². The number of ether oxygens (including phenoxy) is 2. The lowest BCUT2D eigenvalue weighted by molar-refractivity contribution is -0.140. The molecule has 1 N–H and O–H groups in total. The van der Waals surface area contributed by atoms with Gasteiger partial charge >= 0.3 is 5.97 Å². The average molecular weight is 231 g/mol. The zero-order valence-corrected chi connectivity index (χ0v) is 10.6. The maximum Gasteiger partial charge on any atom is 0.305 e. The maximum atomic E-state index is 10.6. The van der Waals surface area contributed by atoms with E-state index in [0.717, 1.165) is 25.9 Å². The number of esters is 1. The predicted octanol–water partition coefficient (Wildman–Crippen LogP) is 1.74. The second-order valence-electron chi connectivity index (χ2n) is 3.84. The minimum absolute atomic E-state index is 0.123. The summed E-state index contributed by atoms with van der Waals surface area (Å²) in [5.74, 6) is -0.123. The molecule has 1 rings (SSSR count). The summed E-state index contributed by atoms with van der Waals surface area (Å²) in [7, 11) is 3.10. The molecule has 0 spiro atoms. The van der Waals surface area contributed by atoms with E-state index < -0.39 is 0 Å². The first kappa shape index (κ1) is 15.4. The third-order valence-corrected chi connectivity index (χ3v) is 2.41. The molecule has 0 aromatic heterocycles. The minimum atomic E-state index is -0.123. The van der Waals surface area contributed by atoms with Gasteiger partial charge in [0.25, 0.3) is 0 Å². The van der Waals surface area contributed by atoms with E-state index in [1.54, 1.807) is 7.11 Å². The summed E-state index contributed by atoms with van der Waals surface area (Å²) in [6.45, 7) is 3.28. The van der Waals surface area contributed by atoms with Crippen LogP contribution in [0.3, 0.4) is 0 Å². The van der Waals surface area contributed by atoms with Crippen molar-refractivity contribution in [2.24, 2.45) is 0 Å². The second kappa shape index (κ2) is 12.5. The van der Waals surface area contributed by atoms with Crippen LogP contribution in [-0.4, -0.2) is 39.9 Å². The van der Waals surface area contributed by atoms with E-state index >= 15 is 0 Å². The Morgan fingerprint density at radius 3 is 2.25 bits per heavy atom. The summed E-state index contributed by atoms with van der Waals surface area (Å²) in [6.07, 6.45) is 6.26. The van der Waals surface area contributed by atoms with E-state index in [-0.39, 0.29) is 5.97 Å². The molecule has 0 unspecified atom stereocenters. The van der Waals surface area contributed by atoms with E-state index in [1.807, 2.05) is 0 Å². The quantitative estimate of drug-likeness (QED) is 0.559. The van der Waals surface area contributed by atoms with Crippen LogP contribution in [0.2, 0.25) is 0 Å². The molecule has 0 amide bonds. The Bertz CT molecular complexity index is 151. The molecule has 1 aliphatic rings. The van der Waals surface area contributed by atoms with E-state index in [4.69, 9.17) is 4.74 Å². The number of methoxy groups -OCH3 is 2. The van der Waals surface area contributed by atoms with Crippen LogP contribution >= 0.6 is 0 Å².